The predicted molar refractivity (Wildman–Crippen MR) is 69.8 cm³/mol. The summed E-state index contributed by atoms with van der Waals surface area (Å²) in [5.41, 5.74) is -0.750. The van der Waals surface area contributed by atoms with Crippen LogP contribution in [-0.2, 0) is 4.79 Å². The van der Waals surface area contributed by atoms with Crippen molar-refractivity contribution < 1.29 is 18.5 Å². The number of carbonyl (C=O) groups is 1. The molecule has 0 heterocycles. The van der Waals surface area contributed by atoms with E-state index in [0.29, 0.717) is 6.54 Å². The van der Waals surface area contributed by atoms with Crippen LogP contribution in [0.25, 0.3) is 0 Å². The fraction of sp³-hybridized carbons (Fsp3) is 0.417. The number of nitrogens with zero attached hydrogens (tertiary/aromatic N) is 1. The lowest BCUT2D eigenvalue weighted by molar-refractivity contribution is -0.385. The first kappa shape index (κ1) is 15.8. The van der Waals surface area contributed by atoms with Crippen LogP contribution in [-0.4, -0.2) is 23.9 Å². The lowest BCUT2D eigenvalue weighted by Gasteiger charge is -2.11. The molecule has 0 aliphatic rings. The Morgan fingerprint density at radius 3 is 2.70 bits per heavy atom. The molecule has 1 rings (SSSR count). The van der Waals surface area contributed by atoms with E-state index < -0.39 is 22.6 Å². The number of nitro groups is 1. The standard InChI is InChI=1S/C12H15F2N3O3/c1-2-15-11(18)5-6-16-10-4-3-8(17(19)20)7-9(10)12(13)14/h3-4,7,12,16H,2,5-6H2,1H3,(H,15,18). The Balaban J connectivity index is 2.74. The molecule has 0 atom stereocenters. The van der Waals surface area contributed by atoms with Gasteiger partial charge in [-0.25, -0.2) is 8.78 Å². The molecular formula is C12H15F2N3O3. The van der Waals surface area contributed by atoms with E-state index in [-0.39, 0.29) is 24.6 Å². The van der Waals surface area contributed by atoms with E-state index in [1.54, 1.807) is 6.92 Å². The Morgan fingerprint density at radius 2 is 2.15 bits per heavy atom. The van der Waals surface area contributed by atoms with E-state index in [0.717, 1.165) is 12.1 Å². The van der Waals surface area contributed by atoms with E-state index in [1.165, 1.54) is 6.07 Å². The molecule has 1 aromatic rings. The average molecular weight is 287 g/mol. The summed E-state index contributed by atoms with van der Waals surface area (Å²) < 4.78 is 25.7. The van der Waals surface area contributed by atoms with Crippen molar-refractivity contribution in [3.05, 3.63) is 33.9 Å². The molecule has 8 heteroatoms. The summed E-state index contributed by atoms with van der Waals surface area (Å²) in [6, 6.07) is 3.19. The normalized spacial score (nSPS) is 10.4. The van der Waals surface area contributed by atoms with Gasteiger partial charge < -0.3 is 10.6 Å². The van der Waals surface area contributed by atoms with Crippen LogP contribution in [0, 0.1) is 10.1 Å². The number of amides is 1. The third-order valence-corrected chi connectivity index (χ3v) is 2.52. The zero-order chi connectivity index (χ0) is 15.1. The first-order valence-corrected chi connectivity index (χ1v) is 6.02. The minimum Gasteiger partial charge on any atom is -0.384 e. The number of nitrogens with one attached hydrogen (secondary N) is 2. The highest BCUT2D eigenvalue weighted by Crippen LogP contribution is 2.30. The predicted octanol–water partition coefficient (Wildman–Crippen LogP) is 2.47. The van der Waals surface area contributed by atoms with Crippen molar-refractivity contribution in [3.8, 4) is 0 Å². The van der Waals surface area contributed by atoms with Gasteiger partial charge in [0.25, 0.3) is 12.1 Å². The second-order valence-corrected chi connectivity index (χ2v) is 3.96. The zero-order valence-electron chi connectivity index (χ0n) is 10.9. The molecule has 1 aromatic carbocycles. The molecule has 0 aromatic heterocycles. The summed E-state index contributed by atoms with van der Waals surface area (Å²) in [7, 11) is 0. The molecule has 0 saturated carbocycles. The molecule has 0 spiro atoms. The molecule has 0 saturated heterocycles. The van der Waals surface area contributed by atoms with Crippen molar-refractivity contribution in [1.29, 1.82) is 0 Å². The Hall–Kier alpha value is -2.25. The van der Waals surface area contributed by atoms with Gasteiger partial charge in [-0.15, -0.1) is 0 Å². The van der Waals surface area contributed by atoms with Crippen LogP contribution in [0.4, 0.5) is 20.2 Å². The number of hydrogen-bond acceptors (Lipinski definition) is 4. The largest absolute Gasteiger partial charge is 0.384 e. The van der Waals surface area contributed by atoms with Gasteiger partial charge >= 0.3 is 0 Å². The van der Waals surface area contributed by atoms with Gasteiger partial charge in [0, 0.05) is 42.9 Å². The first-order valence-electron chi connectivity index (χ1n) is 6.02. The molecule has 0 bridgehead atoms. The zero-order valence-corrected chi connectivity index (χ0v) is 10.9. The van der Waals surface area contributed by atoms with Crippen molar-refractivity contribution in [2.75, 3.05) is 18.4 Å². The Kier molecular flexibility index (Phi) is 5.82. The third-order valence-electron chi connectivity index (χ3n) is 2.52. The first-order chi connectivity index (χ1) is 9.45. The van der Waals surface area contributed by atoms with Crippen molar-refractivity contribution in [2.45, 2.75) is 19.8 Å². The van der Waals surface area contributed by atoms with Gasteiger partial charge in [-0.2, -0.15) is 0 Å². The van der Waals surface area contributed by atoms with Gasteiger partial charge in [-0.1, -0.05) is 0 Å². The van der Waals surface area contributed by atoms with Crippen LogP contribution in [0.3, 0.4) is 0 Å². The topological polar surface area (TPSA) is 84.3 Å². The number of halogens is 2. The number of non-ortho nitro benzene ring substituents is 1. The maximum absolute atomic E-state index is 12.8. The molecule has 2 N–H and O–H groups in total. The van der Waals surface area contributed by atoms with Crippen LogP contribution < -0.4 is 10.6 Å². The molecule has 0 fully saturated rings. The number of benzene rings is 1. The van der Waals surface area contributed by atoms with Gasteiger partial charge in [0.05, 0.1) is 4.92 Å². The molecule has 0 aliphatic carbocycles. The Morgan fingerprint density at radius 1 is 1.45 bits per heavy atom. The summed E-state index contributed by atoms with van der Waals surface area (Å²) in [6.07, 6.45) is -2.70. The van der Waals surface area contributed by atoms with E-state index >= 15 is 0 Å². The number of alkyl halides is 2. The number of nitro benzene ring substituents is 1. The summed E-state index contributed by atoms with van der Waals surface area (Å²) in [5, 5.41) is 15.8. The Bertz CT molecular complexity index is 495. The van der Waals surface area contributed by atoms with Gasteiger partial charge in [0.15, 0.2) is 0 Å². The van der Waals surface area contributed by atoms with Gasteiger partial charge in [-0.3, -0.25) is 14.9 Å². The van der Waals surface area contributed by atoms with Gasteiger partial charge in [0.1, 0.15) is 0 Å². The van der Waals surface area contributed by atoms with Gasteiger partial charge in [-0.05, 0) is 13.0 Å². The van der Waals surface area contributed by atoms with Crippen molar-refractivity contribution >= 4 is 17.3 Å². The fourth-order valence-corrected chi connectivity index (χ4v) is 1.60. The average Bonchev–Trinajstić information content (AvgIpc) is 2.38. The number of anilines is 1. The monoisotopic (exact) mass is 287 g/mol. The molecule has 0 aliphatic heterocycles. The summed E-state index contributed by atoms with van der Waals surface area (Å²) in [4.78, 5) is 21.0. The lowest BCUT2D eigenvalue weighted by Crippen LogP contribution is -2.24. The highest BCUT2D eigenvalue weighted by Gasteiger charge is 2.17. The van der Waals surface area contributed by atoms with E-state index in [2.05, 4.69) is 10.6 Å². The van der Waals surface area contributed by atoms with Crippen molar-refractivity contribution in [3.63, 3.8) is 0 Å². The summed E-state index contributed by atoms with van der Waals surface area (Å²) >= 11 is 0. The summed E-state index contributed by atoms with van der Waals surface area (Å²) in [6.45, 7) is 2.44. The lowest BCUT2D eigenvalue weighted by atomic mass is 10.1. The molecule has 0 radical (unpaired) electrons. The maximum Gasteiger partial charge on any atom is 0.270 e. The van der Waals surface area contributed by atoms with Gasteiger partial charge in [0.2, 0.25) is 5.91 Å². The fourth-order valence-electron chi connectivity index (χ4n) is 1.60. The molecule has 0 unspecified atom stereocenters. The minimum absolute atomic E-state index is 0.0925. The summed E-state index contributed by atoms with van der Waals surface area (Å²) in [5.74, 6) is -0.194. The van der Waals surface area contributed by atoms with E-state index in [9.17, 15) is 23.7 Å². The molecule has 20 heavy (non-hydrogen) atoms. The SMILES string of the molecule is CCNC(=O)CCNc1ccc([N+](=O)[O-])cc1C(F)F. The van der Waals surface area contributed by atoms with Crippen LogP contribution in [0.15, 0.2) is 18.2 Å². The number of carbonyl (C=O) groups excluding carboxylic acids is 1. The maximum atomic E-state index is 12.8. The highest BCUT2D eigenvalue weighted by molar-refractivity contribution is 5.76. The molecular weight excluding hydrogens is 272 g/mol. The Labute approximate surface area is 114 Å². The van der Waals surface area contributed by atoms with Crippen LogP contribution in [0.5, 0.6) is 0 Å². The van der Waals surface area contributed by atoms with Crippen LogP contribution >= 0.6 is 0 Å². The van der Waals surface area contributed by atoms with E-state index in [4.69, 9.17) is 0 Å². The quantitative estimate of drug-likeness (QED) is 0.596. The molecule has 110 valence electrons. The number of rotatable bonds is 7. The van der Waals surface area contributed by atoms with Crippen LogP contribution in [0.1, 0.15) is 25.3 Å². The van der Waals surface area contributed by atoms with Crippen molar-refractivity contribution in [1.82, 2.24) is 5.32 Å². The minimum atomic E-state index is -2.83. The van der Waals surface area contributed by atoms with Crippen molar-refractivity contribution in [2.24, 2.45) is 0 Å². The van der Waals surface area contributed by atoms with Crippen LogP contribution in [0.2, 0.25) is 0 Å². The second kappa shape index (κ2) is 7.37. The third kappa shape index (κ3) is 4.45. The smallest absolute Gasteiger partial charge is 0.270 e. The van der Waals surface area contributed by atoms with E-state index in [1.807, 2.05) is 0 Å². The number of hydrogen-bond donors (Lipinski definition) is 2. The highest BCUT2D eigenvalue weighted by atomic mass is 19.3. The second-order valence-electron chi connectivity index (χ2n) is 3.96. The molecule has 6 nitrogen and oxygen atoms in total. The molecule has 1 amide bonds.